The van der Waals surface area contributed by atoms with E-state index in [0.717, 1.165) is 5.54 Å². The molecule has 4 rings (SSSR count). The summed E-state index contributed by atoms with van der Waals surface area (Å²) in [6.45, 7) is 21.0. The van der Waals surface area contributed by atoms with Crippen molar-refractivity contribution < 1.29 is 0 Å². The van der Waals surface area contributed by atoms with Crippen molar-refractivity contribution in [3.63, 3.8) is 0 Å². The van der Waals surface area contributed by atoms with Gasteiger partial charge in [-0.15, -0.1) is 0 Å². The van der Waals surface area contributed by atoms with Crippen molar-refractivity contribution in [1.82, 2.24) is 0 Å². The monoisotopic (exact) mass is 415 g/mol. The van der Waals surface area contributed by atoms with Crippen molar-refractivity contribution in [3.05, 3.63) is 75.4 Å². The van der Waals surface area contributed by atoms with E-state index in [1.807, 2.05) is 0 Å². The van der Waals surface area contributed by atoms with E-state index in [1.165, 1.54) is 44.2 Å². The largest absolute Gasteiger partial charge is 0.0715 e. The Morgan fingerprint density at radius 1 is 0.759 bits per heavy atom. The molecule has 0 N–H and O–H groups in total. The van der Waals surface area contributed by atoms with Gasteiger partial charge in [0.25, 0.3) is 0 Å². The van der Waals surface area contributed by atoms with Crippen LogP contribution in [-0.2, 0) is 0 Å². The van der Waals surface area contributed by atoms with Crippen LogP contribution >= 0.6 is 0 Å². The van der Waals surface area contributed by atoms with Crippen LogP contribution in [0.5, 0.6) is 0 Å². The summed E-state index contributed by atoms with van der Waals surface area (Å²) in [4.78, 5) is 0. The molecule has 151 valence electrons. The first-order valence-electron chi connectivity index (χ1n) is 10.8. The van der Waals surface area contributed by atoms with E-state index < -0.39 is 8.07 Å². The van der Waals surface area contributed by atoms with Crippen molar-refractivity contribution >= 4 is 34.6 Å². The van der Waals surface area contributed by atoms with E-state index in [-0.39, 0.29) is 0 Å². The molecule has 0 saturated carbocycles. The molecule has 0 fully saturated rings. The summed E-state index contributed by atoms with van der Waals surface area (Å²) in [5, 5.41) is 1.21. The summed E-state index contributed by atoms with van der Waals surface area (Å²) in [6, 6.07) is 13.3. The Bertz CT molecular complexity index is 1020. The minimum Gasteiger partial charge on any atom is -0.0688 e. The molecule has 0 nitrogen and oxygen atoms in total. The van der Waals surface area contributed by atoms with Crippen LogP contribution in [0, 0.1) is 6.92 Å². The lowest BCUT2D eigenvalue weighted by Crippen LogP contribution is -2.30. The van der Waals surface area contributed by atoms with Crippen LogP contribution in [0.2, 0.25) is 19.6 Å². The van der Waals surface area contributed by atoms with Crippen LogP contribution in [0.3, 0.4) is 0 Å². The van der Waals surface area contributed by atoms with Crippen LogP contribution in [0.25, 0.3) is 11.1 Å². The van der Waals surface area contributed by atoms with Crippen molar-refractivity contribution in [2.24, 2.45) is 0 Å². The third-order valence-corrected chi connectivity index (χ3v) is 10.2. The quantitative estimate of drug-likeness (QED) is 0.434. The zero-order valence-corrected chi connectivity index (χ0v) is 21.6. The minimum atomic E-state index is -1.14. The Labute approximate surface area is 182 Å². The molecule has 2 unspecified atom stereocenters. The molecule has 2 aliphatic rings. The van der Waals surface area contributed by atoms with Gasteiger partial charge in [-0.1, -0.05) is 79.3 Å². The van der Waals surface area contributed by atoms with Crippen molar-refractivity contribution in [2.45, 2.75) is 72.6 Å². The van der Waals surface area contributed by atoms with Crippen molar-refractivity contribution in [2.75, 3.05) is 0 Å². The highest BCUT2D eigenvalue weighted by Gasteiger charge is 2.35. The lowest BCUT2D eigenvalue weighted by Gasteiger charge is -2.27. The van der Waals surface area contributed by atoms with Crippen LogP contribution in [0.15, 0.2) is 47.5 Å². The molecule has 0 spiro atoms. The first-order valence-corrected chi connectivity index (χ1v) is 14.8. The third-order valence-electron chi connectivity index (χ3n) is 7.15. The molecule has 0 aliphatic heterocycles. The highest BCUT2D eigenvalue weighted by atomic mass is 28.3. The fraction of sp³-hybridized carbons (Fsp3) is 0.407. The maximum Gasteiger partial charge on any atom is 0.0715 e. The maximum atomic E-state index is 3.65. The molecule has 0 heterocycles. The van der Waals surface area contributed by atoms with Gasteiger partial charge in [-0.2, -0.15) is 0 Å². The lowest BCUT2D eigenvalue weighted by molar-refractivity contribution is 0.919. The van der Waals surface area contributed by atoms with Crippen LogP contribution in [-0.4, -0.2) is 18.3 Å². The predicted molar refractivity (Wildman–Crippen MR) is 134 cm³/mol. The molecule has 2 heteroatoms. The number of rotatable bonds is 1. The molecular weight excluding hydrogens is 380 g/mol. The molecule has 0 bridgehead atoms. The summed E-state index contributed by atoms with van der Waals surface area (Å²) in [5.41, 5.74) is 14.2. The Balaban J connectivity index is 0.000000166. The number of hydrogen-bond acceptors (Lipinski definition) is 0. The van der Waals surface area contributed by atoms with Gasteiger partial charge in [0.15, 0.2) is 0 Å². The zero-order valence-electron chi connectivity index (χ0n) is 19.6. The molecular formula is C27H35Si2. The minimum absolute atomic E-state index is 0.593. The SMILES string of the molecule is CC1=C(C)C(C)c2ccc([Si])c(C)c21.CC1=C(C)C([Si](C)(C)C)c2ccccc21. The summed E-state index contributed by atoms with van der Waals surface area (Å²) >= 11 is 0. The fourth-order valence-electron chi connectivity index (χ4n) is 5.21. The topological polar surface area (TPSA) is 0 Å². The average Bonchev–Trinajstić information content (AvgIpc) is 3.05. The first kappa shape index (κ1) is 22.0. The van der Waals surface area contributed by atoms with Gasteiger partial charge in [0.1, 0.15) is 0 Å². The molecule has 2 aromatic rings. The first-order chi connectivity index (χ1) is 13.5. The Hall–Kier alpha value is -1.65. The highest BCUT2D eigenvalue weighted by Crippen LogP contribution is 2.46. The molecule has 2 atom stereocenters. The second kappa shape index (κ2) is 7.88. The molecule has 3 radical (unpaired) electrons. The normalized spacial score (nSPS) is 20.5. The van der Waals surface area contributed by atoms with Gasteiger partial charge in [0.2, 0.25) is 0 Å². The van der Waals surface area contributed by atoms with E-state index in [2.05, 4.69) is 108 Å². The molecule has 0 amide bonds. The standard InChI is InChI=1S/C14H20Si.C13H15Si/c1-10-11(2)14(15(3,4)5)13-9-7-6-8-12(10)13;1-7-8(2)11-5-6-12(14)10(4)13(11)9(7)3/h6-9,14H,1-5H3;5-6,8H,1-4H3. The Kier molecular flexibility index (Phi) is 5.99. The van der Waals surface area contributed by atoms with Crippen molar-refractivity contribution in [1.29, 1.82) is 0 Å². The highest BCUT2D eigenvalue weighted by molar-refractivity contribution is 6.78. The molecule has 2 aromatic carbocycles. The summed E-state index contributed by atoms with van der Waals surface area (Å²) in [6.07, 6.45) is 0. The molecule has 2 aliphatic carbocycles. The number of allylic oxidation sites excluding steroid dienone is 4. The van der Waals surface area contributed by atoms with Gasteiger partial charge in [0, 0.05) is 11.5 Å². The average molecular weight is 416 g/mol. The van der Waals surface area contributed by atoms with Gasteiger partial charge in [-0.25, -0.2) is 0 Å². The molecule has 0 saturated heterocycles. The summed E-state index contributed by atoms with van der Waals surface area (Å²) in [7, 11) is 2.51. The second-order valence-corrected chi connectivity index (χ2v) is 15.8. The zero-order chi connectivity index (χ0) is 21.7. The Morgan fingerprint density at radius 2 is 1.38 bits per heavy atom. The van der Waals surface area contributed by atoms with E-state index in [1.54, 1.807) is 11.1 Å². The second-order valence-electron chi connectivity index (χ2n) is 9.93. The molecule has 0 aromatic heterocycles. The van der Waals surface area contributed by atoms with E-state index in [9.17, 15) is 0 Å². The maximum absolute atomic E-state index is 3.65. The van der Waals surface area contributed by atoms with Crippen molar-refractivity contribution in [3.8, 4) is 0 Å². The van der Waals surface area contributed by atoms with Crippen LogP contribution in [0.4, 0.5) is 0 Å². The van der Waals surface area contributed by atoms with E-state index in [4.69, 9.17) is 0 Å². The Morgan fingerprint density at radius 3 is 2.00 bits per heavy atom. The van der Waals surface area contributed by atoms with E-state index in [0.29, 0.717) is 5.92 Å². The lowest BCUT2D eigenvalue weighted by atomic mass is 9.96. The van der Waals surface area contributed by atoms with Crippen LogP contribution < -0.4 is 5.19 Å². The fourth-order valence-corrected chi connectivity index (χ4v) is 8.12. The van der Waals surface area contributed by atoms with Gasteiger partial charge in [-0.3, -0.25) is 0 Å². The number of hydrogen-bond donors (Lipinski definition) is 0. The number of benzene rings is 2. The van der Waals surface area contributed by atoms with Crippen LogP contribution in [0.1, 0.15) is 73.9 Å². The van der Waals surface area contributed by atoms with Gasteiger partial charge < -0.3 is 0 Å². The van der Waals surface area contributed by atoms with Gasteiger partial charge in [-0.05, 0) is 73.6 Å². The molecule has 29 heavy (non-hydrogen) atoms. The third kappa shape index (κ3) is 3.77. The van der Waals surface area contributed by atoms with E-state index >= 15 is 0 Å². The number of fused-ring (bicyclic) bond motifs is 2. The summed E-state index contributed by atoms with van der Waals surface area (Å²) < 4.78 is 0. The smallest absolute Gasteiger partial charge is 0.0688 e. The van der Waals surface area contributed by atoms with Gasteiger partial charge >= 0.3 is 0 Å². The summed E-state index contributed by atoms with van der Waals surface area (Å²) in [5.74, 6) is 0.593. The van der Waals surface area contributed by atoms with Gasteiger partial charge in [0.05, 0.1) is 18.3 Å². The predicted octanol–water partition coefficient (Wildman–Crippen LogP) is 7.15.